The van der Waals surface area contributed by atoms with E-state index in [0.29, 0.717) is 0 Å². The van der Waals surface area contributed by atoms with Gasteiger partial charge in [0.1, 0.15) is 0 Å². The Morgan fingerprint density at radius 3 is 2.29 bits per heavy atom. The van der Waals surface area contributed by atoms with Crippen LogP contribution in [0, 0.1) is 0 Å². The zero-order valence-electron chi connectivity index (χ0n) is 10.4. The maximum Gasteiger partial charge on any atom is 0.0459 e. The molecule has 0 spiro atoms. The maximum absolute atomic E-state index is 6.19. The summed E-state index contributed by atoms with van der Waals surface area (Å²) in [5, 5.41) is 0.810. The van der Waals surface area contributed by atoms with E-state index in [4.69, 9.17) is 17.3 Å². The average Bonchev–Trinajstić information content (AvgIpc) is 2.20. The normalized spacial score (nSPS) is 11.1. The number of anilines is 1. The second-order valence-corrected chi connectivity index (χ2v) is 4.45. The molecule has 0 radical (unpaired) electrons. The Morgan fingerprint density at radius 1 is 1.29 bits per heavy atom. The van der Waals surface area contributed by atoms with E-state index in [1.807, 2.05) is 25.1 Å². The standard InChI is InChI=1S/C12H19ClN2.2ClH/c1-4-10(14)7-9-5-6-11(15(2)3)8-12(9)13;;/h5-6,8,10H,4,7,14H2,1-3H3;2*1H. The van der Waals surface area contributed by atoms with E-state index in [2.05, 4.69) is 19.1 Å². The SMILES string of the molecule is CCC(N)Cc1ccc(N(C)C)cc1Cl.Cl.Cl. The second kappa shape index (κ2) is 8.87. The van der Waals surface area contributed by atoms with Crippen LogP contribution in [0.3, 0.4) is 0 Å². The van der Waals surface area contributed by atoms with Crippen LogP contribution in [0.2, 0.25) is 5.02 Å². The van der Waals surface area contributed by atoms with Crippen LogP contribution in [0.4, 0.5) is 5.69 Å². The van der Waals surface area contributed by atoms with Crippen LogP contribution in [-0.2, 0) is 6.42 Å². The van der Waals surface area contributed by atoms with Crippen LogP contribution in [0.5, 0.6) is 0 Å². The summed E-state index contributed by atoms with van der Waals surface area (Å²) in [6.45, 7) is 2.09. The summed E-state index contributed by atoms with van der Waals surface area (Å²) in [4.78, 5) is 2.04. The molecule has 2 N–H and O–H groups in total. The molecule has 2 nitrogen and oxygen atoms in total. The molecule has 0 aliphatic carbocycles. The largest absolute Gasteiger partial charge is 0.378 e. The first-order valence-electron chi connectivity index (χ1n) is 5.26. The van der Waals surface area contributed by atoms with E-state index in [-0.39, 0.29) is 30.9 Å². The van der Waals surface area contributed by atoms with Crippen LogP contribution in [-0.4, -0.2) is 20.1 Å². The van der Waals surface area contributed by atoms with Gasteiger partial charge >= 0.3 is 0 Å². The highest BCUT2D eigenvalue weighted by molar-refractivity contribution is 6.31. The summed E-state index contributed by atoms with van der Waals surface area (Å²) in [7, 11) is 4.01. The fraction of sp³-hybridized carbons (Fsp3) is 0.500. The Hall–Kier alpha value is -0.150. The average molecular weight is 300 g/mol. The monoisotopic (exact) mass is 298 g/mol. The minimum atomic E-state index is 0. The van der Waals surface area contributed by atoms with Crippen LogP contribution in [0.25, 0.3) is 0 Å². The molecule has 17 heavy (non-hydrogen) atoms. The molecule has 0 amide bonds. The highest BCUT2D eigenvalue weighted by Gasteiger charge is 2.06. The second-order valence-electron chi connectivity index (χ2n) is 4.04. The van der Waals surface area contributed by atoms with Crippen molar-refractivity contribution < 1.29 is 0 Å². The molecule has 0 bridgehead atoms. The lowest BCUT2D eigenvalue weighted by atomic mass is 10.0. The van der Waals surface area contributed by atoms with Crippen molar-refractivity contribution in [1.82, 2.24) is 0 Å². The van der Waals surface area contributed by atoms with Crippen molar-refractivity contribution in [3.63, 3.8) is 0 Å². The lowest BCUT2D eigenvalue weighted by Crippen LogP contribution is -2.21. The van der Waals surface area contributed by atoms with Crippen molar-refractivity contribution in [3.05, 3.63) is 28.8 Å². The van der Waals surface area contributed by atoms with Gasteiger partial charge in [-0.3, -0.25) is 0 Å². The molecule has 0 aliphatic rings. The molecule has 0 aromatic heterocycles. The van der Waals surface area contributed by atoms with Gasteiger partial charge in [0.25, 0.3) is 0 Å². The maximum atomic E-state index is 6.19. The molecule has 5 heteroatoms. The van der Waals surface area contributed by atoms with Gasteiger partial charge in [-0.15, -0.1) is 24.8 Å². The number of benzene rings is 1. The van der Waals surface area contributed by atoms with Crippen molar-refractivity contribution >= 4 is 42.1 Å². The molecular weight excluding hydrogens is 279 g/mol. The summed E-state index contributed by atoms with van der Waals surface area (Å²) >= 11 is 6.19. The minimum Gasteiger partial charge on any atom is -0.378 e. The third kappa shape index (κ3) is 5.82. The fourth-order valence-electron chi connectivity index (χ4n) is 1.41. The number of nitrogens with zero attached hydrogens (tertiary/aromatic N) is 1. The molecule has 100 valence electrons. The number of nitrogens with two attached hydrogens (primary N) is 1. The molecule has 0 heterocycles. The summed E-state index contributed by atoms with van der Waals surface area (Å²) in [6.07, 6.45) is 1.83. The molecule has 1 aromatic carbocycles. The lowest BCUT2D eigenvalue weighted by Gasteiger charge is -2.15. The van der Waals surface area contributed by atoms with Gasteiger partial charge in [-0.1, -0.05) is 24.6 Å². The number of hydrogen-bond donors (Lipinski definition) is 1. The zero-order valence-corrected chi connectivity index (χ0v) is 12.8. The van der Waals surface area contributed by atoms with Gasteiger partial charge < -0.3 is 10.6 Å². The van der Waals surface area contributed by atoms with E-state index in [1.54, 1.807) is 0 Å². The molecule has 1 rings (SSSR count). The Morgan fingerprint density at radius 2 is 1.88 bits per heavy atom. The van der Waals surface area contributed by atoms with Crippen LogP contribution >= 0.6 is 36.4 Å². The molecule has 0 aliphatic heterocycles. The van der Waals surface area contributed by atoms with E-state index in [1.165, 1.54) is 0 Å². The number of hydrogen-bond acceptors (Lipinski definition) is 2. The third-order valence-corrected chi connectivity index (χ3v) is 2.91. The highest BCUT2D eigenvalue weighted by atomic mass is 35.5. The van der Waals surface area contributed by atoms with Crippen LogP contribution in [0.15, 0.2) is 18.2 Å². The Balaban J connectivity index is 0. The van der Waals surface area contributed by atoms with E-state index >= 15 is 0 Å². The quantitative estimate of drug-likeness (QED) is 0.921. The van der Waals surface area contributed by atoms with Gasteiger partial charge in [0.05, 0.1) is 0 Å². The van der Waals surface area contributed by atoms with E-state index < -0.39 is 0 Å². The predicted molar refractivity (Wildman–Crippen MR) is 82.2 cm³/mol. The summed E-state index contributed by atoms with van der Waals surface area (Å²) in [6, 6.07) is 6.32. The molecule has 0 fully saturated rings. The van der Waals surface area contributed by atoms with Gasteiger partial charge in [0, 0.05) is 30.8 Å². The van der Waals surface area contributed by atoms with Gasteiger partial charge in [0.2, 0.25) is 0 Å². The number of rotatable bonds is 4. The van der Waals surface area contributed by atoms with Gasteiger partial charge in [0.15, 0.2) is 0 Å². The molecular formula is C12H21Cl3N2. The molecule has 1 aromatic rings. The van der Waals surface area contributed by atoms with Crippen molar-refractivity contribution in [2.24, 2.45) is 5.73 Å². The molecule has 1 atom stereocenters. The first-order valence-corrected chi connectivity index (χ1v) is 5.63. The zero-order chi connectivity index (χ0) is 11.4. The van der Waals surface area contributed by atoms with Crippen molar-refractivity contribution in [1.29, 1.82) is 0 Å². The summed E-state index contributed by atoms with van der Waals surface area (Å²) in [5.41, 5.74) is 8.16. The van der Waals surface area contributed by atoms with E-state index in [0.717, 1.165) is 29.1 Å². The first kappa shape index (κ1) is 19.2. The van der Waals surface area contributed by atoms with Crippen molar-refractivity contribution in [2.45, 2.75) is 25.8 Å². The van der Waals surface area contributed by atoms with Crippen LogP contribution < -0.4 is 10.6 Å². The van der Waals surface area contributed by atoms with Gasteiger partial charge in [-0.2, -0.15) is 0 Å². The predicted octanol–water partition coefficient (Wildman–Crippen LogP) is 3.53. The van der Waals surface area contributed by atoms with Gasteiger partial charge in [-0.25, -0.2) is 0 Å². The Kier molecular flexibility index (Phi) is 10.0. The topological polar surface area (TPSA) is 29.3 Å². The smallest absolute Gasteiger partial charge is 0.0459 e. The minimum absolute atomic E-state index is 0. The molecule has 1 unspecified atom stereocenters. The van der Waals surface area contributed by atoms with Gasteiger partial charge in [-0.05, 0) is 30.5 Å². The fourth-order valence-corrected chi connectivity index (χ4v) is 1.66. The van der Waals surface area contributed by atoms with Crippen molar-refractivity contribution in [2.75, 3.05) is 19.0 Å². The lowest BCUT2D eigenvalue weighted by molar-refractivity contribution is 0.646. The molecule has 0 saturated heterocycles. The Labute approximate surface area is 121 Å². The first-order chi connectivity index (χ1) is 7.04. The summed E-state index contributed by atoms with van der Waals surface area (Å²) in [5.74, 6) is 0. The third-order valence-electron chi connectivity index (χ3n) is 2.56. The summed E-state index contributed by atoms with van der Waals surface area (Å²) < 4.78 is 0. The molecule has 0 saturated carbocycles. The highest BCUT2D eigenvalue weighted by Crippen LogP contribution is 2.23. The van der Waals surface area contributed by atoms with Crippen LogP contribution in [0.1, 0.15) is 18.9 Å². The van der Waals surface area contributed by atoms with E-state index in [9.17, 15) is 0 Å². The van der Waals surface area contributed by atoms with Crippen molar-refractivity contribution in [3.8, 4) is 0 Å². The number of halogens is 3. The Bertz CT molecular complexity index is 330.